The molecule has 79 heavy (non-hydrogen) atoms. The second-order valence-corrected chi connectivity index (χ2v) is 30.1. The smallest absolute Gasteiger partial charge is 0.410 e. The SMILES string of the molecule is CN(C(=O)OC(C)(C)C)[C@@H]1[C@@H](O)[C@@H](O[C@H]2[C@H](NC(=O)[C@@H](O)CCNC(=O)OC(C)(C)C)C[C@H](NC(=O)OC(C)(C)C)C([C@H]3OC(CNC(=O)OCc4ccc(O)cc4)=CC[C@H]3NCCO[Si](C)(C)C(C)(C)C)[C@@H]2O)OC[C@]1(C)O. The normalized spacial score (nSPS) is 27.2. The van der Waals surface area contributed by atoms with Gasteiger partial charge in [-0.15, -0.1) is 0 Å². The summed E-state index contributed by atoms with van der Waals surface area (Å²) in [4.78, 5) is 67.9. The monoisotopic (exact) mass is 1140 g/mol. The second-order valence-electron chi connectivity index (χ2n) is 25.3. The lowest BCUT2D eigenvalue weighted by atomic mass is 9.72. The minimum absolute atomic E-state index is 0.0519. The maximum Gasteiger partial charge on any atom is 0.410 e. The zero-order valence-electron chi connectivity index (χ0n) is 49.1. The van der Waals surface area contributed by atoms with E-state index >= 15 is 0 Å². The molecule has 1 aromatic carbocycles. The number of likely N-dealkylation sites (N-methyl/N-ethyl adjacent to an activating group) is 1. The van der Waals surface area contributed by atoms with E-state index in [1.54, 1.807) is 80.5 Å². The molecule has 0 radical (unpaired) electrons. The summed E-state index contributed by atoms with van der Waals surface area (Å²) in [5, 5.41) is 72.0. The molecular weight excluding hydrogens is 1050 g/mol. The van der Waals surface area contributed by atoms with Crippen LogP contribution in [0.5, 0.6) is 5.75 Å². The zero-order valence-corrected chi connectivity index (χ0v) is 50.1. The van der Waals surface area contributed by atoms with E-state index in [2.05, 4.69) is 60.4 Å². The van der Waals surface area contributed by atoms with Gasteiger partial charge in [-0.05, 0) is 130 Å². The molecule has 3 aliphatic rings. The molecule has 10 N–H and O–H groups in total. The van der Waals surface area contributed by atoms with Crippen LogP contribution in [0.25, 0.3) is 0 Å². The van der Waals surface area contributed by atoms with Gasteiger partial charge in [-0.3, -0.25) is 4.79 Å². The Morgan fingerprint density at radius 1 is 0.810 bits per heavy atom. The highest BCUT2D eigenvalue weighted by molar-refractivity contribution is 6.74. The van der Waals surface area contributed by atoms with Crippen molar-refractivity contribution in [3.05, 3.63) is 41.7 Å². The molecule has 24 nitrogen and oxygen atoms in total. The number of nitrogens with zero attached hydrogens (tertiary/aromatic N) is 1. The van der Waals surface area contributed by atoms with Crippen LogP contribution in [0.2, 0.25) is 18.1 Å². The largest absolute Gasteiger partial charge is 0.508 e. The van der Waals surface area contributed by atoms with Gasteiger partial charge in [-0.1, -0.05) is 32.9 Å². The van der Waals surface area contributed by atoms with E-state index in [-0.39, 0.29) is 55.5 Å². The fourth-order valence-electron chi connectivity index (χ4n) is 9.04. The van der Waals surface area contributed by atoms with Crippen molar-refractivity contribution in [3.63, 3.8) is 0 Å². The van der Waals surface area contributed by atoms with Crippen LogP contribution >= 0.6 is 0 Å². The number of amides is 5. The number of aliphatic hydroxyl groups is 4. The Bertz CT molecular complexity index is 2230. The van der Waals surface area contributed by atoms with Crippen LogP contribution in [0.1, 0.15) is 115 Å². The molecule has 4 rings (SSSR count). The standard InChI is InChI=1S/C54H92N6O18Si/c1-50(2,3)76-47(67)56-24-23-37(62)44(65)58-36-27-35(59-48(68)77-51(4,5)6)38(39(63)42(36)75-45-40(64)43(54(13,70)30-72-45)60(14)49(69)78-52(7,8)9)41-34(55-25-26-73-79(15,16)53(10,11)12)22-21-33(74-41)28-57-46(66)71-29-31-17-19-32(61)20-18-31/h17-21,34-43,45,55,61-64,70H,22-30H2,1-16H3,(H,56,67)(H,57,66)(H,58,65)(H,59,68)/t34-,35+,36-,37+,38?,39+,40-,41+,42+,43-,45-,54+/m1/s1. The Kier molecular flexibility index (Phi) is 22.9. The lowest BCUT2D eigenvalue weighted by Crippen LogP contribution is -2.71. The van der Waals surface area contributed by atoms with Crippen molar-refractivity contribution >= 4 is 38.6 Å². The number of phenolic OH excluding ortho intramolecular Hbond substituents is 1. The second kappa shape index (κ2) is 27.2. The molecule has 0 bridgehead atoms. The molecule has 450 valence electrons. The highest BCUT2D eigenvalue weighted by atomic mass is 28.4. The molecule has 5 amide bonds. The molecule has 25 heteroatoms. The molecule has 1 aliphatic carbocycles. The Labute approximate surface area is 466 Å². The van der Waals surface area contributed by atoms with Crippen LogP contribution in [0.15, 0.2) is 36.1 Å². The van der Waals surface area contributed by atoms with Crippen LogP contribution in [-0.2, 0) is 49.0 Å². The van der Waals surface area contributed by atoms with Crippen LogP contribution in [0, 0.1) is 5.92 Å². The Balaban J connectivity index is 1.78. The maximum absolute atomic E-state index is 14.0. The minimum atomic E-state index is -2.21. The summed E-state index contributed by atoms with van der Waals surface area (Å²) >= 11 is 0. The summed E-state index contributed by atoms with van der Waals surface area (Å²) in [6.07, 6.45) is -11.4. The summed E-state index contributed by atoms with van der Waals surface area (Å²) < 4.78 is 47.8. The van der Waals surface area contributed by atoms with Crippen molar-refractivity contribution in [2.75, 3.05) is 39.9 Å². The van der Waals surface area contributed by atoms with E-state index in [1.165, 1.54) is 26.1 Å². The summed E-state index contributed by atoms with van der Waals surface area (Å²) in [5.41, 5.74) is -4.00. The average molecular weight is 1140 g/mol. The Morgan fingerprint density at radius 2 is 1.42 bits per heavy atom. The van der Waals surface area contributed by atoms with Gasteiger partial charge < -0.3 is 94.6 Å². The number of hydrogen-bond acceptors (Lipinski definition) is 19. The van der Waals surface area contributed by atoms with Gasteiger partial charge in [-0.2, -0.15) is 0 Å². The predicted octanol–water partition coefficient (Wildman–Crippen LogP) is 4.39. The van der Waals surface area contributed by atoms with E-state index in [1.807, 2.05) is 0 Å². The van der Waals surface area contributed by atoms with Gasteiger partial charge in [0.2, 0.25) is 5.91 Å². The molecule has 0 spiro atoms. The van der Waals surface area contributed by atoms with Crippen molar-refractivity contribution in [2.24, 2.45) is 5.92 Å². The van der Waals surface area contributed by atoms with Crippen molar-refractivity contribution in [3.8, 4) is 5.75 Å². The number of benzene rings is 1. The zero-order chi connectivity index (χ0) is 59.6. The van der Waals surface area contributed by atoms with Gasteiger partial charge in [-0.25, -0.2) is 19.2 Å². The Morgan fingerprint density at radius 3 is 2.01 bits per heavy atom. The first-order chi connectivity index (χ1) is 36.3. The van der Waals surface area contributed by atoms with Crippen molar-refractivity contribution in [2.45, 2.75) is 217 Å². The van der Waals surface area contributed by atoms with Crippen molar-refractivity contribution < 1.29 is 87.1 Å². The predicted molar refractivity (Wildman–Crippen MR) is 292 cm³/mol. The molecule has 1 saturated carbocycles. The number of carbonyl (C=O) groups is 5. The third kappa shape index (κ3) is 20.5. The van der Waals surface area contributed by atoms with Gasteiger partial charge in [0, 0.05) is 44.7 Å². The topological polar surface area (TPSA) is 324 Å². The third-order valence-electron chi connectivity index (χ3n) is 13.8. The molecule has 2 heterocycles. The van der Waals surface area contributed by atoms with Crippen molar-refractivity contribution in [1.29, 1.82) is 0 Å². The Hall–Kier alpha value is -4.99. The highest BCUT2D eigenvalue weighted by Gasteiger charge is 2.56. The fourth-order valence-corrected chi connectivity index (χ4v) is 10.1. The molecule has 1 unspecified atom stereocenters. The number of alkyl carbamates (subject to hydrolysis) is 3. The van der Waals surface area contributed by atoms with Gasteiger partial charge >= 0.3 is 24.4 Å². The van der Waals surface area contributed by atoms with Gasteiger partial charge in [0.1, 0.15) is 64.9 Å². The molecule has 0 aromatic heterocycles. The van der Waals surface area contributed by atoms with Gasteiger partial charge in [0.15, 0.2) is 14.6 Å². The van der Waals surface area contributed by atoms with Crippen LogP contribution < -0.4 is 26.6 Å². The fraction of sp³-hybridized carbons (Fsp3) is 0.759. The number of carbonyl (C=O) groups excluding carboxylic acids is 5. The first kappa shape index (κ1) is 66.5. The average Bonchev–Trinajstić information content (AvgIpc) is 3.29. The number of aromatic hydroxyl groups is 1. The highest BCUT2D eigenvalue weighted by Crippen LogP contribution is 2.40. The first-order valence-electron chi connectivity index (χ1n) is 27.0. The first-order valence-corrected chi connectivity index (χ1v) is 29.9. The van der Waals surface area contributed by atoms with Crippen LogP contribution in [-0.4, -0.2) is 192 Å². The molecule has 2 aliphatic heterocycles. The molecule has 1 aromatic rings. The number of ether oxygens (including phenoxy) is 7. The van der Waals surface area contributed by atoms with Gasteiger partial charge in [0.25, 0.3) is 0 Å². The van der Waals surface area contributed by atoms with E-state index in [0.717, 1.165) is 4.90 Å². The quantitative estimate of drug-likeness (QED) is 0.0521. The van der Waals surface area contributed by atoms with E-state index in [0.29, 0.717) is 18.7 Å². The lowest BCUT2D eigenvalue weighted by Gasteiger charge is -2.52. The van der Waals surface area contributed by atoms with E-state index < -0.39 is 135 Å². The third-order valence-corrected chi connectivity index (χ3v) is 18.4. The summed E-state index contributed by atoms with van der Waals surface area (Å²) in [5.74, 6) is -1.81. The number of rotatable bonds is 19. The molecular formula is C54H92N6O18Si. The maximum atomic E-state index is 14.0. The van der Waals surface area contributed by atoms with E-state index in [4.69, 9.17) is 37.6 Å². The minimum Gasteiger partial charge on any atom is -0.508 e. The summed E-state index contributed by atoms with van der Waals surface area (Å²) in [7, 11) is -0.875. The summed E-state index contributed by atoms with van der Waals surface area (Å²) in [6.45, 7) is 26.7. The van der Waals surface area contributed by atoms with Crippen molar-refractivity contribution in [1.82, 2.24) is 31.5 Å². The number of phenols is 1. The molecule has 2 fully saturated rings. The lowest BCUT2D eigenvalue weighted by molar-refractivity contribution is -0.305. The number of aliphatic hydroxyl groups excluding tert-OH is 3. The summed E-state index contributed by atoms with van der Waals surface area (Å²) in [6, 6.07) is 1.68. The van der Waals surface area contributed by atoms with Crippen LogP contribution in [0.4, 0.5) is 19.2 Å². The molecule has 12 atom stereocenters. The van der Waals surface area contributed by atoms with Crippen LogP contribution in [0.3, 0.4) is 0 Å². The van der Waals surface area contributed by atoms with Gasteiger partial charge in [0.05, 0.1) is 31.3 Å². The van der Waals surface area contributed by atoms with E-state index in [9.17, 15) is 49.5 Å². The number of nitrogens with one attached hydrogen (secondary N) is 5. The molecule has 1 saturated heterocycles. The number of hydrogen-bond donors (Lipinski definition) is 10.